The van der Waals surface area contributed by atoms with Crippen LogP contribution < -0.4 is 0 Å². The molecule has 1 unspecified atom stereocenters. The number of aliphatic hydroxyl groups excluding tert-OH is 2. The van der Waals surface area contributed by atoms with E-state index in [2.05, 4.69) is 0 Å². The van der Waals surface area contributed by atoms with Gasteiger partial charge in [-0.15, -0.1) is 0 Å². The second-order valence-corrected chi connectivity index (χ2v) is 4.37. The van der Waals surface area contributed by atoms with Gasteiger partial charge in [0.1, 0.15) is 0 Å². The standard InChI is InChI=1S/C9H20O2/c1-6(10)8(7(2)11)9(3,4)5/h6-8,10-11H,1-5H3/t6-,7+,8?. The number of aliphatic hydroxyl groups is 2. The maximum Gasteiger partial charge on any atom is 0.0569 e. The van der Waals surface area contributed by atoms with Gasteiger partial charge in [-0.05, 0) is 19.3 Å². The molecular formula is C9H20O2. The van der Waals surface area contributed by atoms with Crippen LogP contribution in [0.15, 0.2) is 0 Å². The van der Waals surface area contributed by atoms with E-state index >= 15 is 0 Å². The topological polar surface area (TPSA) is 40.5 Å². The van der Waals surface area contributed by atoms with E-state index in [-0.39, 0.29) is 11.3 Å². The van der Waals surface area contributed by atoms with Gasteiger partial charge in [-0.25, -0.2) is 0 Å². The molecule has 0 saturated carbocycles. The largest absolute Gasteiger partial charge is 0.393 e. The van der Waals surface area contributed by atoms with Crippen LogP contribution in [0.4, 0.5) is 0 Å². The lowest BCUT2D eigenvalue weighted by Gasteiger charge is -2.35. The third-order valence-corrected chi connectivity index (χ3v) is 2.04. The van der Waals surface area contributed by atoms with Crippen LogP contribution in [0, 0.1) is 11.3 Å². The molecule has 0 rings (SSSR count). The van der Waals surface area contributed by atoms with Crippen molar-refractivity contribution < 1.29 is 10.2 Å². The number of hydrogen-bond donors (Lipinski definition) is 2. The van der Waals surface area contributed by atoms with E-state index in [1.165, 1.54) is 0 Å². The Bertz CT molecular complexity index is 103. The van der Waals surface area contributed by atoms with Gasteiger partial charge in [0.05, 0.1) is 12.2 Å². The molecule has 0 bridgehead atoms. The molecule has 2 heteroatoms. The molecular weight excluding hydrogens is 140 g/mol. The Morgan fingerprint density at radius 2 is 1.18 bits per heavy atom. The molecule has 0 aromatic heterocycles. The summed E-state index contributed by atoms with van der Waals surface area (Å²) in [6.45, 7) is 9.52. The van der Waals surface area contributed by atoms with Gasteiger partial charge in [0, 0.05) is 5.92 Å². The fraction of sp³-hybridized carbons (Fsp3) is 1.00. The molecule has 0 spiro atoms. The molecule has 0 aliphatic rings. The first-order valence-corrected chi connectivity index (χ1v) is 4.13. The molecule has 11 heavy (non-hydrogen) atoms. The van der Waals surface area contributed by atoms with Gasteiger partial charge >= 0.3 is 0 Å². The molecule has 0 aromatic carbocycles. The van der Waals surface area contributed by atoms with Crippen LogP contribution in [0.1, 0.15) is 34.6 Å². The molecule has 0 aromatic rings. The number of rotatable bonds is 2. The monoisotopic (exact) mass is 160 g/mol. The summed E-state index contributed by atoms with van der Waals surface area (Å²) in [4.78, 5) is 0. The third kappa shape index (κ3) is 3.21. The van der Waals surface area contributed by atoms with Crippen LogP contribution in [0.25, 0.3) is 0 Å². The highest BCUT2D eigenvalue weighted by Crippen LogP contribution is 2.31. The molecule has 0 heterocycles. The molecule has 3 atom stereocenters. The first-order valence-electron chi connectivity index (χ1n) is 4.13. The summed E-state index contributed by atoms with van der Waals surface area (Å²) in [6.07, 6.45) is -0.898. The van der Waals surface area contributed by atoms with Gasteiger partial charge in [0.25, 0.3) is 0 Å². The van der Waals surface area contributed by atoms with Crippen LogP contribution >= 0.6 is 0 Å². The highest BCUT2D eigenvalue weighted by atomic mass is 16.3. The molecule has 0 radical (unpaired) electrons. The molecule has 0 fully saturated rings. The maximum absolute atomic E-state index is 9.36. The van der Waals surface area contributed by atoms with Crippen molar-refractivity contribution in [3.8, 4) is 0 Å². The van der Waals surface area contributed by atoms with Crippen molar-refractivity contribution in [1.82, 2.24) is 0 Å². The van der Waals surface area contributed by atoms with Gasteiger partial charge in [0.2, 0.25) is 0 Å². The molecule has 0 amide bonds. The van der Waals surface area contributed by atoms with Crippen molar-refractivity contribution >= 4 is 0 Å². The highest BCUT2D eigenvalue weighted by molar-refractivity contribution is 4.81. The Hall–Kier alpha value is -0.0800. The minimum Gasteiger partial charge on any atom is -0.393 e. The van der Waals surface area contributed by atoms with E-state index < -0.39 is 12.2 Å². The van der Waals surface area contributed by atoms with Gasteiger partial charge < -0.3 is 10.2 Å². The SMILES string of the molecule is C[C@H](O)C([C@@H](C)O)C(C)(C)C. The summed E-state index contributed by atoms with van der Waals surface area (Å²) in [7, 11) is 0. The van der Waals surface area contributed by atoms with Crippen LogP contribution in [-0.4, -0.2) is 22.4 Å². The summed E-state index contributed by atoms with van der Waals surface area (Å²) in [5.74, 6) is -0.0532. The molecule has 0 aliphatic carbocycles. The quantitative estimate of drug-likeness (QED) is 0.641. The Morgan fingerprint density at radius 1 is 0.909 bits per heavy atom. The van der Waals surface area contributed by atoms with Crippen molar-refractivity contribution in [2.75, 3.05) is 0 Å². The average molecular weight is 160 g/mol. The van der Waals surface area contributed by atoms with Crippen LogP contribution in [-0.2, 0) is 0 Å². The molecule has 68 valence electrons. The lowest BCUT2D eigenvalue weighted by atomic mass is 9.75. The normalized spacial score (nSPS) is 21.0. The second-order valence-electron chi connectivity index (χ2n) is 4.37. The Labute approximate surface area is 69.2 Å². The predicted molar refractivity (Wildman–Crippen MR) is 46.3 cm³/mol. The van der Waals surface area contributed by atoms with Gasteiger partial charge in [0.15, 0.2) is 0 Å². The van der Waals surface area contributed by atoms with Crippen LogP contribution in [0.5, 0.6) is 0 Å². The van der Waals surface area contributed by atoms with Gasteiger partial charge in [-0.1, -0.05) is 20.8 Å². The molecule has 0 saturated heterocycles. The zero-order valence-electron chi connectivity index (χ0n) is 8.13. The van der Waals surface area contributed by atoms with E-state index in [0.717, 1.165) is 0 Å². The first kappa shape index (κ1) is 10.9. The fourth-order valence-corrected chi connectivity index (χ4v) is 1.85. The molecule has 2 N–H and O–H groups in total. The Morgan fingerprint density at radius 3 is 1.18 bits per heavy atom. The van der Waals surface area contributed by atoms with Gasteiger partial charge in [-0.2, -0.15) is 0 Å². The minimum atomic E-state index is -0.449. The van der Waals surface area contributed by atoms with Crippen LogP contribution in [0.2, 0.25) is 0 Å². The van der Waals surface area contributed by atoms with E-state index in [9.17, 15) is 10.2 Å². The zero-order valence-corrected chi connectivity index (χ0v) is 8.13. The summed E-state index contributed by atoms with van der Waals surface area (Å²) < 4.78 is 0. The first-order chi connectivity index (χ1) is 4.76. The highest BCUT2D eigenvalue weighted by Gasteiger charge is 2.32. The molecule has 0 aliphatic heterocycles. The fourth-order valence-electron chi connectivity index (χ4n) is 1.85. The summed E-state index contributed by atoms with van der Waals surface area (Å²) >= 11 is 0. The third-order valence-electron chi connectivity index (χ3n) is 2.04. The lowest BCUT2D eigenvalue weighted by molar-refractivity contribution is -0.0269. The zero-order chi connectivity index (χ0) is 9.23. The van der Waals surface area contributed by atoms with Crippen molar-refractivity contribution in [2.24, 2.45) is 11.3 Å². The molecule has 2 nitrogen and oxygen atoms in total. The smallest absolute Gasteiger partial charge is 0.0569 e. The van der Waals surface area contributed by atoms with Crippen molar-refractivity contribution in [3.05, 3.63) is 0 Å². The average Bonchev–Trinajstić information content (AvgIpc) is 1.54. The van der Waals surface area contributed by atoms with Crippen molar-refractivity contribution in [3.63, 3.8) is 0 Å². The second kappa shape index (κ2) is 3.55. The van der Waals surface area contributed by atoms with Crippen molar-refractivity contribution in [1.29, 1.82) is 0 Å². The maximum atomic E-state index is 9.36. The van der Waals surface area contributed by atoms with E-state index in [0.29, 0.717) is 0 Å². The summed E-state index contributed by atoms with van der Waals surface area (Å²) in [5.41, 5.74) is -0.0394. The van der Waals surface area contributed by atoms with Crippen LogP contribution in [0.3, 0.4) is 0 Å². The lowest BCUT2D eigenvalue weighted by Crippen LogP contribution is -2.38. The number of hydrogen-bond acceptors (Lipinski definition) is 2. The Balaban J connectivity index is 4.35. The summed E-state index contributed by atoms with van der Waals surface area (Å²) in [6, 6.07) is 0. The van der Waals surface area contributed by atoms with Crippen molar-refractivity contribution in [2.45, 2.75) is 46.8 Å². The Kier molecular flexibility index (Phi) is 3.52. The predicted octanol–water partition coefficient (Wildman–Crippen LogP) is 1.41. The summed E-state index contributed by atoms with van der Waals surface area (Å²) in [5, 5.41) is 18.7. The van der Waals surface area contributed by atoms with E-state index in [4.69, 9.17) is 0 Å². The minimum absolute atomic E-state index is 0.0394. The van der Waals surface area contributed by atoms with Gasteiger partial charge in [-0.3, -0.25) is 0 Å². The van der Waals surface area contributed by atoms with E-state index in [1.807, 2.05) is 20.8 Å². The van der Waals surface area contributed by atoms with E-state index in [1.54, 1.807) is 13.8 Å².